The maximum absolute atomic E-state index is 11.6. The molecule has 0 aromatic carbocycles. The van der Waals surface area contributed by atoms with Crippen molar-refractivity contribution >= 4 is 5.91 Å². The van der Waals surface area contributed by atoms with Crippen LogP contribution in [-0.4, -0.2) is 12.5 Å². The molecule has 13 heavy (non-hydrogen) atoms. The number of carbonyl (C=O) groups excluding carboxylic acids is 1. The van der Waals surface area contributed by atoms with Crippen LogP contribution in [0.25, 0.3) is 0 Å². The van der Waals surface area contributed by atoms with Crippen molar-refractivity contribution in [1.29, 1.82) is 5.26 Å². The molecule has 0 aromatic heterocycles. The Bertz CT molecular complexity index is 224. The Morgan fingerprint density at radius 2 is 2.08 bits per heavy atom. The van der Waals surface area contributed by atoms with E-state index < -0.39 is 5.41 Å². The lowest BCUT2D eigenvalue weighted by Crippen LogP contribution is -2.41. The van der Waals surface area contributed by atoms with Gasteiger partial charge in [-0.25, -0.2) is 0 Å². The Morgan fingerprint density at radius 1 is 1.46 bits per heavy atom. The summed E-state index contributed by atoms with van der Waals surface area (Å²) in [5, 5.41) is 11.8. The number of hydrogen-bond donors (Lipinski definition) is 1. The zero-order chi connectivity index (χ0) is 9.73. The summed E-state index contributed by atoms with van der Waals surface area (Å²) in [6, 6.07) is 2.19. The quantitative estimate of drug-likeness (QED) is 0.701. The van der Waals surface area contributed by atoms with Crippen LogP contribution in [0.4, 0.5) is 0 Å². The summed E-state index contributed by atoms with van der Waals surface area (Å²) in [4.78, 5) is 11.6. The van der Waals surface area contributed by atoms with E-state index in [0.717, 1.165) is 32.1 Å². The first kappa shape index (κ1) is 10.0. The van der Waals surface area contributed by atoms with E-state index in [-0.39, 0.29) is 5.91 Å². The van der Waals surface area contributed by atoms with Gasteiger partial charge in [-0.1, -0.05) is 19.3 Å². The van der Waals surface area contributed by atoms with Crippen molar-refractivity contribution in [3.8, 4) is 6.07 Å². The Kier molecular flexibility index (Phi) is 3.30. The normalized spacial score (nSPS) is 20.3. The van der Waals surface area contributed by atoms with Gasteiger partial charge in [0.05, 0.1) is 6.07 Å². The highest BCUT2D eigenvalue weighted by Gasteiger charge is 2.39. The first-order valence-corrected chi connectivity index (χ1v) is 4.95. The van der Waals surface area contributed by atoms with Crippen LogP contribution in [-0.2, 0) is 4.79 Å². The number of hydrogen-bond acceptors (Lipinski definition) is 2. The molecule has 0 atom stereocenters. The molecule has 1 saturated carbocycles. The van der Waals surface area contributed by atoms with Crippen LogP contribution in [0.2, 0.25) is 0 Å². The molecule has 0 heterocycles. The van der Waals surface area contributed by atoms with E-state index in [0.29, 0.717) is 6.54 Å². The standard InChI is InChI=1S/C10H16N2O/c1-2-12-9(13)10(8-11)6-4-3-5-7-10/h2-7H2,1H3,(H,12,13). The molecular weight excluding hydrogens is 164 g/mol. The van der Waals surface area contributed by atoms with Crippen molar-refractivity contribution < 1.29 is 4.79 Å². The zero-order valence-corrected chi connectivity index (χ0v) is 8.10. The number of nitrogens with one attached hydrogen (secondary N) is 1. The van der Waals surface area contributed by atoms with Crippen molar-refractivity contribution in [3.05, 3.63) is 0 Å². The molecule has 0 aromatic rings. The van der Waals surface area contributed by atoms with Gasteiger partial charge in [0.15, 0.2) is 0 Å². The molecule has 1 rings (SSSR count). The molecule has 0 unspecified atom stereocenters. The predicted octanol–water partition coefficient (Wildman–Crippen LogP) is 1.60. The summed E-state index contributed by atoms with van der Waals surface area (Å²) < 4.78 is 0. The molecule has 0 spiro atoms. The van der Waals surface area contributed by atoms with Crippen molar-refractivity contribution in [2.45, 2.75) is 39.0 Å². The van der Waals surface area contributed by atoms with Crippen LogP contribution in [0.15, 0.2) is 0 Å². The minimum absolute atomic E-state index is 0.0720. The van der Waals surface area contributed by atoms with E-state index in [1.54, 1.807) is 0 Å². The number of nitrogens with zero attached hydrogens (tertiary/aromatic N) is 1. The van der Waals surface area contributed by atoms with Crippen LogP contribution in [0.5, 0.6) is 0 Å². The summed E-state index contributed by atoms with van der Waals surface area (Å²) in [6.07, 6.45) is 4.63. The van der Waals surface area contributed by atoms with E-state index in [4.69, 9.17) is 5.26 Å². The minimum Gasteiger partial charge on any atom is -0.355 e. The lowest BCUT2D eigenvalue weighted by atomic mass is 9.74. The highest BCUT2D eigenvalue weighted by molar-refractivity contribution is 5.85. The molecule has 3 heteroatoms. The molecule has 3 nitrogen and oxygen atoms in total. The molecule has 1 amide bonds. The van der Waals surface area contributed by atoms with Crippen LogP contribution in [0, 0.1) is 16.7 Å². The number of rotatable bonds is 2. The largest absolute Gasteiger partial charge is 0.355 e. The van der Waals surface area contributed by atoms with Gasteiger partial charge in [-0.3, -0.25) is 4.79 Å². The molecule has 0 saturated heterocycles. The van der Waals surface area contributed by atoms with E-state index >= 15 is 0 Å². The summed E-state index contributed by atoms with van der Waals surface area (Å²) >= 11 is 0. The Morgan fingerprint density at radius 3 is 2.54 bits per heavy atom. The molecule has 0 bridgehead atoms. The topological polar surface area (TPSA) is 52.9 Å². The van der Waals surface area contributed by atoms with Crippen LogP contribution < -0.4 is 5.32 Å². The van der Waals surface area contributed by atoms with Crippen molar-refractivity contribution in [1.82, 2.24) is 5.32 Å². The highest BCUT2D eigenvalue weighted by atomic mass is 16.2. The molecule has 1 aliphatic carbocycles. The van der Waals surface area contributed by atoms with Crippen LogP contribution in [0.1, 0.15) is 39.0 Å². The summed E-state index contributed by atoms with van der Waals surface area (Å²) in [7, 11) is 0. The molecule has 1 fully saturated rings. The fraction of sp³-hybridized carbons (Fsp3) is 0.800. The fourth-order valence-corrected chi connectivity index (χ4v) is 1.87. The van der Waals surface area contributed by atoms with Crippen LogP contribution in [0.3, 0.4) is 0 Å². The van der Waals surface area contributed by atoms with Gasteiger partial charge in [-0.15, -0.1) is 0 Å². The lowest BCUT2D eigenvalue weighted by molar-refractivity contribution is -0.129. The Labute approximate surface area is 79.1 Å². The highest BCUT2D eigenvalue weighted by Crippen LogP contribution is 2.35. The first-order valence-electron chi connectivity index (χ1n) is 4.95. The lowest BCUT2D eigenvalue weighted by Gasteiger charge is -2.28. The van der Waals surface area contributed by atoms with E-state index in [1.807, 2.05) is 6.92 Å². The van der Waals surface area contributed by atoms with Gasteiger partial charge in [0, 0.05) is 6.54 Å². The maximum atomic E-state index is 11.6. The third-order valence-electron chi connectivity index (χ3n) is 2.69. The van der Waals surface area contributed by atoms with E-state index in [2.05, 4.69) is 11.4 Å². The van der Waals surface area contributed by atoms with Gasteiger partial charge >= 0.3 is 0 Å². The van der Waals surface area contributed by atoms with E-state index in [9.17, 15) is 4.79 Å². The van der Waals surface area contributed by atoms with Crippen molar-refractivity contribution in [2.75, 3.05) is 6.54 Å². The maximum Gasteiger partial charge on any atom is 0.240 e. The number of carbonyl (C=O) groups is 1. The predicted molar refractivity (Wildman–Crippen MR) is 49.8 cm³/mol. The summed E-state index contributed by atoms with van der Waals surface area (Å²) in [5.74, 6) is -0.0720. The van der Waals surface area contributed by atoms with Gasteiger partial charge in [-0.05, 0) is 19.8 Å². The van der Waals surface area contributed by atoms with E-state index in [1.165, 1.54) is 0 Å². The second kappa shape index (κ2) is 4.27. The summed E-state index contributed by atoms with van der Waals surface area (Å²) in [6.45, 7) is 2.49. The Balaban J connectivity index is 2.68. The van der Waals surface area contributed by atoms with Gasteiger partial charge in [0.2, 0.25) is 5.91 Å². The third kappa shape index (κ3) is 2.00. The molecule has 72 valence electrons. The molecule has 1 N–H and O–H groups in total. The van der Waals surface area contributed by atoms with Gasteiger partial charge in [0.25, 0.3) is 0 Å². The first-order chi connectivity index (χ1) is 6.25. The monoisotopic (exact) mass is 180 g/mol. The molecule has 1 aliphatic rings. The molecular formula is C10H16N2O. The average molecular weight is 180 g/mol. The summed E-state index contributed by atoms with van der Waals surface area (Å²) in [5.41, 5.74) is -0.714. The molecule has 0 aliphatic heterocycles. The SMILES string of the molecule is CCNC(=O)C1(C#N)CCCCC1. The number of amides is 1. The number of nitriles is 1. The zero-order valence-electron chi connectivity index (χ0n) is 8.10. The minimum atomic E-state index is -0.714. The Hall–Kier alpha value is -1.04. The fourth-order valence-electron chi connectivity index (χ4n) is 1.87. The second-order valence-electron chi connectivity index (χ2n) is 3.61. The molecule has 0 radical (unpaired) electrons. The average Bonchev–Trinajstić information content (AvgIpc) is 2.19. The van der Waals surface area contributed by atoms with Crippen molar-refractivity contribution in [3.63, 3.8) is 0 Å². The third-order valence-corrected chi connectivity index (χ3v) is 2.69. The van der Waals surface area contributed by atoms with Gasteiger partial charge in [0.1, 0.15) is 5.41 Å². The van der Waals surface area contributed by atoms with Gasteiger partial charge < -0.3 is 5.32 Å². The van der Waals surface area contributed by atoms with Crippen LogP contribution >= 0.6 is 0 Å². The second-order valence-corrected chi connectivity index (χ2v) is 3.61. The van der Waals surface area contributed by atoms with Crippen molar-refractivity contribution in [2.24, 2.45) is 5.41 Å². The smallest absolute Gasteiger partial charge is 0.240 e. The van der Waals surface area contributed by atoms with Gasteiger partial charge in [-0.2, -0.15) is 5.26 Å².